The monoisotopic (exact) mass is 519 g/mol. The molecule has 1 fully saturated rings. The maximum absolute atomic E-state index is 12.5. The Hall–Kier alpha value is -4.08. The zero-order valence-electron chi connectivity index (χ0n) is 22.2. The van der Waals surface area contributed by atoms with Crippen molar-refractivity contribution in [1.82, 2.24) is 19.5 Å². The van der Waals surface area contributed by atoms with Crippen LogP contribution in [0, 0.1) is 0 Å². The highest BCUT2D eigenvalue weighted by atomic mass is 16.6. The number of amides is 1. The standard InChI is InChI=1S/C28H33N5O5/c1-5-36-26(34)23-16-19-15-18(8-9-22(19)37-23)21-17-29-25-11-10-24(31-33(21)25)30-20-7-6-13-32(14-12-20)27(35)38-28(2,3)4/h8-11,15-17,20H,5-7,12-14H2,1-4H3,(H,30,31). The SMILES string of the molecule is CCOC(=O)c1cc2cc(-c3cnc4ccc(NC5CCCN(C(=O)OC(C)(C)C)CC5)nn34)ccc2o1. The van der Waals surface area contributed by atoms with Gasteiger partial charge in [0.1, 0.15) is 17.0 Å². The lowest BCUT2D eigenvalue weighted by Gasteiger charge is -2.26. The van der Waals surface area contributed by atoms with Gasteiger partial charge in [-0.3, -0.25) is 0 Å². The second-order valence-electron chi connectivity index (χ2n) is 10.5. The lowest BCUT2D eigenvalue weighted by Crippen LogP contribution is -2.37. The van der Waals surface area contributed by atoms with E-state index in [1.54, 1.807) is 28.6 Å². The quantitative estimate of drug-likeness (QED) is 0.343. The smallest absolute Gasteiger partial charge is 0.410 e. The number of esters is 1. The number of benzene rings is 1. The Morgan fingerprint density at radius 2 is 1.97 bits per heavy atom. The minimum absolute atomic E-state index is 0.176. The van der Waals surface area contributed by atoms with E-state index in [9.17, 15) is 9.59 Å². The number of fused-ring (bicyclic) bond motifs is 2. The summed E-state index contributed by atoms with van der Waals surface area (Å²) in [5, 5.41) is 9.15. The molecule has 1 atom stereocenters. The van der Waals surface area contributed by atoms with Crippen molar-refractivity contribution in [2.45, 2.75) is 58.6 Å². The first-order valence-electron chi connectivity index (χ1n) is 13.0. The van der Waals surface area contributed by atoms with Crippen molar-refractivity contribution in [3.05, 3.63) is 48.4 Å². The number of ether oxygens (including phenoxy) is 2. The minimum Gasteiger partial charge on any atom is -0.460 e. The molecule has 10 heteroatoms. The van der Waals surface area contributed by atoms with Gasteiger partial charge in [-0.2, -0.15) is 0 Å². The Morgan fingerprint density at radius 3 is 2.76 bits per heavy atom. The number of rotatable bonds is 5. The van der Waals surface area contributed by atoms with Crippen LogP contribution in [0.3, 0.4) is 0 Å². The van der Waals surface area contributed by atoms with Crippen molar-refractivity contribution in [2.75, 3.05) is 25.0 Å². The zero-order valence-corrected chi connectivity index (χ0v) is 22.2. The summed E-state index contributed by atoms with van der Waals surface area (Å²) in [6.45, 7) is 9.00. The van der Waals surface area contributed by atoms with Gasteiger partial charge in [0.2, 0.25) is 5.76 Å². The Bertz CT molecular complexity index is 1470. The van der Waals surface area contributed by atoms with Crippen molar-refractivity contribution in [1.29, 1.82) is 0 Å². The predicted octanol–water partition coefficient (Wildman–Crippen LogP) is 5.52. The lowest BCUT2D eigenvalue weighted by molar-refractivity contribution is 0.0256. The fraction of sp³-hybridized carbons (Fsp3) is 0.429. The van der Waals surface area contributed by atoms with Gasteiger partial charge in [-0.25, -0.2) is 19.1 Å². The van der Waals surface area contributed by atoms with Gasteiger partial charge < -0.3 is 24.1 Å². The molecule has 1 N–H and O–H groups in total. The number of nitrogens with zero attached hydrogens (tertiary/aromatic N) is 4. The van der Waals surface area contributed by atoms with Crippen LogP contribution >= 0.6 is 0 Å². The van der Waals surface area contributed by atoms with Crippen molar-refractivity contribution < 1.29 is 23.5 Å². The van der Waals surface area contributed by atoms with E-state index in [4.69, 9.17) is 19.0 Å². The number of imidazole rings is 1. The molecule has 1 aliphatic rings. The first-order valence-corrected chi connectivity index (χ1v) is 13.0. The average Bonchev–Trinajstić information content (AvgIpc) is 3.41. The molecular weight excluding hydrogens is 486 g/mol. The fourth-order valence-electron chi connectivity index (χ4n) is 4.61. The van der Waals surface area contributed by atoms with Gasteiger partial charge in [-0.05, 0) is 83.4 Å². The molecule has 1 aliphatic heterocycles. The van der Waals surface area contributed by atoms with E-state index in [-0.39, 0.29) is 24.5 Å². The number of carbonyl (C=O) groups excluding carboxylic acids is 2. The van der Waals surface area contributed by atoms with E-state index in [2.05, 4.69) is 10.3 Å². The Balaban J connectivity index is 1.32. The molecule has 38 heavy (non-hydrogen) atoms. The third kappa shape index (κ3) is 5.58. The van der Waals surface area contributed by atoms with Crippen LogP contribution in [0.25, 0.3) is 27.9 Å². The molecule has 200 valence electrons. The van der Waals surface area contributed by atoms with Crippen molar-refractivity contribution >= 4 is 34.5 Å². The van der Waals surface area contributed by atoms with Crippen LogP contribution in [0.15, 0.2) is 47.0 Å². The molecule has 0 aliphatic carbocycles. The summed E-state index contributed by atoms with van der Waals surface area (Å²) in [5.74, 6) is 0.432. The van der Waals surface area contributed by atoms with Gasteiger partial charge >= 0.3 is 12.1 Å². The van der Waals surface area contributed by atoms with Crippen LogP contribution in [0.4, 0.5) is 10.6 Å². The molecule has 0 spiro atoms. The number of carbonyl (C=O) groups is 2. The summed E-state index contributed by atoms with van der Waals surface area (Å²) >= 11 is 0. The molecule has 0 bridgehead atoms. The first-order chi connectivity index (χ1) is 18.2. The number of hydrogen-bond acceptors (Lipinski definition) is 8. The molecule has 1 saturated heterocycles. The second kappa shape index (κ2) is 10.4. The molecule has 4 aromatic rings. The van der Waals surface area contributed by atoms with Crippen LogP contribution in [-0.4, -0.2) is 62.9 Å². The maximum Gasteiger partial charge on any atom is 0.410 e. The minimum atomic E-state index is -0.506. The molecule has 1 amide bonds. The number of aromatic nitrogens is 3. The van der Waals surface area contributed by atoms with Gasteiger partial charge in [-0.1, -0.05) is 0 Å². The number of likely N-dealkylation sites (tertiary alicyclic amines) is 1. The molecule has 0 saturated carbocycles. The van der Waals surface area contributed by atoms with Crippen LogP contribution < -0.4 is 5.32 Å². The van der Waals surface area contributed by atoms with Crippen LogP contribution in [0.1, 0.15) is 57.5 Å². The highest BCUT2D eigenvalue weighted by molar-refractivity contribution is 5.93. The largest absolute Gasteiger partial charge is 0.460 e. The average molecular weight is 520 g/mol. The van der Waals surface area contributed by atoms with Crippen LogP contribution in [0.5, 0.6) is 0 Å². The molecule has 1 unspecified atom stereocenters. The summed E-state index contributed by atoms with van der Waals surface area (Å²) in [6.07, 6.45) is 4.13. The van der Waals surface area contributed by atoms with E-state index >= 15 is 0 Å². The van der Waals surface area contributed by atoms with E-state index in [0.717, 1.165) is 47.4 Å². The molecular formula is C28H33N5O5. The topological polar surface area (TPSA) is 111 Å². The number of hydrogen-bond donors (Lipinski definition) is 1. The normalized spacial score (nSPS) is 16.4. The zero-order chi connectivity index (χ0) is 26.9. The number of furan rings is 1. The van der Waals surface area contributed by atoms with Crippen molar-refractivity contribution in [3.8, 4) is 11.3 Å². The molecule has 3 aromatic heterocycles. The van der Waals surface area contributed by atoms with Crippen molar-refractivity contribution in [3.63, 3.8) is 0 Å². The van der Waals surface area contributed by atoms with E-state index < -0.39 is 11.6 Å². The number of nitrogens with one attached hydrogen (secondary N) is 1. The summed E-state index contributed by atoms with van der Waals surface area (Å²) < 4.78 is 18.0. The van der Waals surface area contributed by atoms with E-state index in [0.29, 0.717) is 18.7 Å². The first kappa shape index (κ1) is 25.6. The van der Waals surface area contributed by atoms with E-state index in [1.807, 2.05) is 51.1 Å². The Labute approximate surface area is 220 Å². The Morgan fingerprint density at radius 1 is 1.13 bits per heavy atom. The third-order valence-corrected chi connectivity index (χ3v) is 6.38. The Kier molecular flexibility index (Phi) is 6.96. The molecule has 10 nitrogen and oxygen atoms in total. The number of anilines is 1. The molecule has 4 heterocycles. The van der Waals surface area contributed by atoms with Crippen LogP contribution in [0.2, 0.25) is 0 Å². The highest BCUT2D eigenvalue weighted by Crippen LogP contribution is 2.28. The summed E-state index contributed by atoms with van der Waals surface area (Å²) in [4.78, 5) is 30.9. The van der Waals surface area contributed by atoms with Gasteiger partial charge in [-0.15, -0.1) is 5.10 Å². The lowest BCUT2D eigenvalue weighted by atomic mass is 10.1. The molecule has 5 rings (SSSR count). The van der Waals surface area contributed by atoms with Gasteiger partial charge in [0.05, 0.1) is 18.5 Å². The van der Waals surface area contributed by atoms with E-state index in [1.165, 1.54) is 0 Å². The maximum atomic E-state index is 12.5. The van der Waals surface area contributed by atoms with Crippen molar-refractivity contribution in [2.24, 2.45) is 0 Å². The molecule has 1 aromatic carbocycles. The van der Waals surface area contributed by atoms with Crippen LogP contribution in [-0.2, 0) is 9.47 Å². The predicted molar refractivity (Wildman–Crippen MR) is 143 cm³/mol. The van der Waals surface area contributed by atoms with Gasteiger partial charge in [0.25, 0.3) is 0 Å². The summed E-state index contributed by atoms with van der Waals surface area (Å²) in [6, 6.07) is 11.4. The second-order valence-corrected chi connectivity index (χ2v) is 10.5. The highest BCUT2D eigenvalue weighted by Gasteiger charge is 2.25. The van der Waals surface area contributed by atoms with Gasteiger partial charge in [0, 0.05) is 30.1 Å². The molecule has 0 radical (unpaired) electrons. The van der Waals surface area contributed by atoms with Gasteiger partial charge in [0.15, 0.2) is 5.65 Å². The fourth-order valence-corrected chi connectivity index (χ4v) is 4.61. The third-order valence-electron chi connectivity index (χ3n) is 6.38. The summed E-state index contributed by atoms with van der Waals surface area (Å²) in [7, 11) is 0. The summed E-state index contributed by atoms with van der Waals surface area (Å²) in [5.41, 5.74) is 2.54.